The van der Waals surface area contributed by atoms with E-state index in [1.807, 2.05) is 31.3 Å². The molecule has 0 spiro atoms. The van der Waals surface area contributed by atoms with Gasteiger partial charge in [-0.25, -0.2) is 14.8 Å². The highest BCUT2D eigenvalue weighted by molar-refractivity contribution is 6.30. The molecule has 8 nitrogen and oxygen atoms in total. The number of aliphatic hydroxyl groups excluding tert-OH is 1. The third-order valence-corrected chi connectivity index (χ3v) is 4.97. The predicted octanol–water partition coefficient (Wildman–Crippen LogP) is 2.41. The first-order valence-electron chi connectivity index (χ1n) is 8.88. The zero-order chi connectivity index (χ0) is 20.3. The van der Waals surface area contributed by atoms with Gasteiger partial charge < -0.3 is 19.9 Å². The average Bonchev–Trinajstić information content (AvgIpc) is 3.00. The van der Waals surface area contributed by atoms with E-state index in [1.54, 1.807) is 6.92 Å². The SMILES string of the molecule is COC(=O)c1nc(Cl)c(C)nc1Nc1ccc(OC[C@@H]2C[C@@H](O)CN2C)cc1. The number of likely N-dealkylation sites (N-methyl/N-ethyl adjacent to an activating group) is 1. The van der Waals surface area contributed by atoms with Gasteiger partial charge in [-0.15, -0.1) is 0 Å². The molecular formula is C19H23ClN4O4. The summed E-state index contributed by atoms with van der Waals surface area (Å²) in [4.78, 5) is 22.4. The zero-order valence-corrected chi connectivity index (χ0v) is 16.7. The number of rotatable bonds is 6. The smallest absolute Gasteiger partial charge is 0.360 e. The van der Waals surface area contributed by atoms with Gasteiger partial charge in [0.05, 0.1) is 18.9 Å². The summed E-state index contributed by atoms with van der Waals surface area (Å²) in [5.41, 5.74) is 1.22. The standard InChI is InChI=1S/C19H23ClN4O4/c1-11-17(20)23-16(19(26)27-3)18(21-11)22-12-4-6-15(7-5-12)28-10-13-8-14(25)9-24(13)2/h4-7,13-14,25H,8-10H2,1-3H3,(H,21,22)/t13-,14+/m0/s1. The summed E-state index contributed by atoms with van der Waals surface area (Å²) in [5, 5.41) is 12.9. The van der Waals surface area contributed by atoms with Gasteiger partial charge in [0.15, 0.2) is 16.7 Å². The van der Waals surface area contributed by atoms with E-state index in [0.29, 0.717) is 36.7 Å². The lowest BCUT2D eigenvalue weighted by molar-refractivity contribution is 0.0595. The van der Waals surface area contributed by atoms with Crippen molar-refractivity contribution in [1.82, 2.24) is 14.9 Å². The Hall–Kier alpha value is -2.42. The minimum atomic E-state index is -0.625. The number of aliphatic hydroxyl groups is 1. The molecule has 1 saturated heterocycles. The van der Waals surface area contributed by atoms with E-state index in [2.05, 4.69) is 20.2 Å². The highest BCUT2D eigenvalue weighted by atomic mass is 35.5. The molecule has 1 aliphatic rings. The number of carbonyl (C=O) groups is 1. The van der Waals surface area contributed by atoms with Crippen LogP contribution in [-0.2, 0) is 4.74 Å². The number of aryl methyl sites for hydroxylation is 1. The number of methoxy groups -OCH3 is 1. The van der Waals surface area contributed by atoms with Crippen LogP contribution in [0.4, 0.5) is 11.5 Å². The highest BCUT2D eigenvalue weighted by Crippen LogP contribution is 2.24. The Morgan fingerprint density at radius 1 is 1.36 bits per heavy atom. The van der Waals surface area contributed by atoms with E-state index in [-0.39, 0.29) is 28.8 Å². The number of carbonyl (C=O) groups excluding carboxylic acids is 1. The lowest BCUT2D eigenvalue weighted by atomic mass is 10.2. The highest BCUT2D eigenvalue weighted by Gasteiger charge is 2.28. The number of β-amino-alcohol motifs (C(OH)–C–C–N with tert-alkyl or cyclic N) is 1. The topological polar surface area (TPSA) is 96.8 Å². The molecule has 0 radical (unpaired) electrons. The fraction of sp³-hybridized carbons (Fsp3) is 0.421. The molecular weight excluding hydrogens is 384 g/mol. The second kappa shape index (κ2) is 8.72. The molecule has 0 unspecified atom stereocenters. The van der Waals surface area contributed by atoms with Gasteiger partial charge in [-0.1, -0.05) is 11.6 Å². The molecule has 2 atom stereocenters. The minimum absolute atomic E-state index is 0.0151. The molecule has 2 aromatic rings. The van der Waals surface area contributed by atoms with E-state index < -0.39 is 5.97 Å². The van der Waals surface area contributed by atoms with E-state index in [0.717, 1.165) is 0 Å². The van der Waals surface area contributed by atoms with Gasteiger partial charge in [0.2, 0.25) is 0 Å². The largest absolute Gasteiger partial charge is 0.492 e. The maximum Gasteiger partial charge on any atom is 0.360 e. The van der Waals surface area contributed by atoms with Gasteiger partial charge in [0.1, 0.15) is 12.4 Å². The second-order valence-corrected chi connectivity index (χ2v) is 7.09. The van der Waals surface area contributed by atoms with Crippen LogP contribution in [0.3, 0.4) is 0 Å². The molecule has 1 aromatic heterocycles. The molecule has 2 heterocycles. The van der Waals surface area contributed by atoms with Crippen molar-refractivity contribution in [3.8, 4) is 5.75 Å². The van der Waals surface area contributed by atoms with Crippen molar-refractivity contribution in [3.63, 3.8) is 0 Å². The number of hydrogen-bond acceptors (Lipinski definition) is 8. The number of hydrogen-bond donors (Lipinski definition) is 2. The molecule has 0 saturated carbocycles. The molecule has 0 aliphatic carbocycles. The fourth-order valence-corrected chi connectivity index (χ4v) is 3.16. The van der Waals surface area contributed by atoms with Crippen LogP contribution in [0.25, 0.3) is 0 Å². The lowest BCUT2D eigenvalue weighted by Crippen LogP contribution is -2.30. The summed E-state index contributed by atoms with van der Waals surface area (Å²) in [6.45, 7) is 2.88. The first kappa shape index (κ1) is 20.3. The molecule has 2 N–H and O–H groups in total. The van der Waals surface area contributed by atoms with Gasteiger partial charge in [-0.05, 0) is 44.7 Å². The first-order valence-corrected chi connectivity index (χ1v) is 9.25. The molecule has 1 fully saturated rings. The number of halogens is 1. The van der Waals surface area contributed by atoms with Crippen molar-refractivity contribution in [2.45, 2.75) is 25.5 Å². The lowest BCUT2D eigenvalue weighted by Gasteiger charge is -2.19. The van der Waals surface area contributed by atoms with Gasteiger partial charge in [-0.3, -0.25) is 4.90 Å². The van der Waals surface area contributed by atoms with Crippen molar-refractivity contribution < 1.29 is 19.4 Å². The van der Waals surface area contributed by atoms with Crippen molar-refractivity contribution >= 4 is 29.1 Å². The van der Waals surface area contributed by atoms with Crippen LogP contribution >= 0.6 is 11.6 Å². The number of nitrogens with one attached hydrogen (secondary N) is 1. The molecule has 28 heavy (non-hydrogen) atoms. The van der Waals surface area contributed by atoms with Gasteiger partial charge in [0, 0.05) is 18.3 Å². The average molecular weight is 407 g/mol. The Bertz CT molecular complexity index is 847. The third kappa shape index (κ3) is 4.70. The first-order chi connectivity index (χ1) is 13.4. The Kier molecular flexibility index (Phi) is 6.33. The van der Waals surface area contributed by atoms with E-state index in [4.69, 9.17) is 21.1 Å². The van der Waals surface area contributed by atoms with Crippen LogP contribution in [0.5, 0.6) is 5.75 Å². The van der Waals surface area contributed by atoms with Gasteiger partial charge in [0.25, 0.3) is 0 Å². The Balaban J connectivity index is 1.67. The van der Waals surface area contributed by atoms with E-state index in [9.17, 15) is 9.90 Å². The van der Waals surface area contributed by atoms with Crippen LogP contribution in [-0.4, -0.2) is 65.4 Å². The summed E-state index contributed by atoms with van der Waals surface area (Å²) < 4.78 is 10.6. The number of esters is 1. The Morgan fingerprint density at radius 2 is 2.07 bits per heavy atom. The van der Waals surface area contributed by atoms with Crippen LogP contribution in [0.2, 0.25) is 5.15 Å². The number of aromatic nitrogens is 2. The number of nitrogens with zero attached hydrogens (tertiary/aromatic N) is 3. The normalized spacial score (nSPS) is 19.5. The van der Waals surface area contributed by atoms with Crippen LogP contribution in [0, 0.1) is 6.92 Å². The number of anilines is 2. The Morgan fingerprint density at radius 3 is 2.68 bits per heavy atom. The van der Waals surface area contributed by atoms with Crippen molar-refractivity contribution in [1.29, 1.82) is 0 Å². The monoisotopic (exact) mass is 406 g/mol. The number of likely N-dealkylation sites (tertiary alicyclic amines) is 1. The molecule has 150 valence electrons. The second-order valence-electron chi connectivity index (χ2n) is 6.73. The summed E-state index contributed by atoms with van der Waals surface area (Å²) in [6.07, 6.45) is 0.416. The van der Waals surface area contributed by atoms with Crippen LogP contribution in [0.1, 0.15) is 22.6 Å². The summed E-state index contributed by atoms with van der Waals surface area (Å²) in [6, 6.07) is 7.47. The van der Waals surface area contributed by atoms with Crippen molar-refractivity contribution in [3.05, 3.63) is 40.8 Å². The maximum absolute atomic E-state index is 11.9. The van der Waals surface area contributed by atoms with Crippen molar-refractivity contribution in [2.75, 3.05) is 32.6 Å². The van der Waals surface area contributed by atoms with E-state index in [1.165, 1.54) is 7.11 Å². The molecule has 0 bridgehead atoms. The summed E-state index contributed by atoms with van der Waals surface area (Å²) in [5.74, 6) is 0.357. The molecule has 9 heteroatoms. The summed E-state index contributed by atoms with van der Waals surface area (Å²) >= 11 is 5.97. The summed E-state index contributed by atoms with van der Waals surface area (Å²) in [7, 11) is 3.25. The molecule has 1 aliphatic heterocycles. The van der Waals surface area contributed by atoms with Crippen LogP contribution in [0.15, 0.2) is 24.3 Å². The number of ether oxygens (including phenoxy) is 2. The molecule has 3 rings (SSSR count). The molecule has 1 aromatic carbocycles. The Labute approximate surface area is 168 Å². The quantitative estimate of drug-likeness (QED) is 0.706. The third-order valence-electron chi connectivity index (χ3n) is 4.62. The van der Waals surface area contributed by atoms with Crippen LogP contribution < -0.4 is 10.1 Å². The van der Waals surface area contributed by atoms with E-state index >= 15 is 0 Å². The predicted molar refractivity (Wildman–Crippen MR) is 105 cm³/mol. The molecule has 0 amide bonds. The van der Waals surface area contributed by atoms with Crippen molar-refractivity contribution in [2.24, 2.45) is 0 Å². The zero-order valence-electron chi connectivity index (χ0n) is 16.0. The van der Waals surface area contributed by atoms with Gasteiger partial charge >= 0.3 is 5.97 Å². The fourth-order valence-electron chi connectivity index (χ4n) is 3.03. The minimum Gasteiger partial charge on any atom is -0.492 e. The maximum atomic E-state index is 11.9. The van der Waals surface area contributed by atoms with Gasteiger partial charge in [-0.2, -0.15) is 0 Å². The number of benzene rings is 1.